The monoisotopic (exact) mass is 391 g/mol. The molecule has 0 spiro atoms. The Labute approximate surface area is 153 Å². The van der Waals surface area contributed by atoms with Crippen LogP contribution in [0.25, 0.3) is 11.2 Å². The molecule has 0 saturated heterocycles. The maximum atomic E-state index is 4.70. The molecule has 0 amide bonds. The zero-order chi connectivity index (χ0) is 17.1. The number of halogens is 1. The SMILES string of the molecule is Brc1cnc2nc(Nc3ccccc3)c(Nc3ccccc3)nc2c1. The van der Waals surface area contributed by atoms with Crippen LogP contribution in [0.2, 0.25) is 0 Å². The summed E-state index contributed by atoms with van der Waals surface area (Å²) < 4.78 is 0.865. The van der Waals surface area contributed by atoms with Gasteiger partial charge in [0.1, 0.15) is 5.52 Å². The third kappa shape index (κ3) is 3.59. The number of pyridine rings is 1. The van der Waals surface area contributed by atoms with E-state index in [1.54, 1.807) is 6.20 Å². The highest BCUT2D eigenvalue weighted by atomic mass is 79.9. The van der Waals surface area contributed by atoms with E-state index < -0.39 is 0 Å². The number of hydrogen-bond donors (Lipinski definition) is 2. The first kappa shape index (κ1) is 15.5. The van der Waals surface area contributed by atoms with Crippen LogP contribution in [0.15, 0.2) is 77.4 Å². The van der Waals surface area contributed by atoms with E-state index in [2.05, 4.69) is 36.5 Å². The number of para-hydroxylation sites is 2. The van der Waals surface area contributed by atoms with Gasteiger partial charge in [0, 0.05) is 22.0 Å². The lowest BCUT2D eigenvalue weighted by Gasteiger charge is -2.13. The summed E-state index contributed by atoms with van der Waals surface area (Å²) in [6.07, 6.45) is 1.72. The van der Waals surface area contributed by atoms with E-state index in [9.17, 15) is 0 Å². The molecule has 4 aromatic rings. The van der Waals surface area contributed by atoms with Crippen molar-refractivity contribution in [2.75, 3.05) is 10.6 Å². The quantitative estimate of drug-likeness (QED) is 0.495. The minimum absolute atomic E-state index is 0.584. The Morgan fingerprint density at radius 2 is 1.28 bits per heavy atom. The van der Waals surface area contributed by atoms with Crippen molar-refractivity contribution >= 4 is 50.1 Å². The molecule has 0 unspecified atom stereocenters. The van der Waals surface area contributed by atoms with Gasteiger partial charge in [-0.15, -0.1) is 0 Å². The summed E-state index contributed by atoms with van der Waals surface area (Å²) in [7, 11) is 0. The molecule has 0 aliphatic carbocycles. The van der Waals surface area contributed by atoms with Crippen molar-refractivity contribution in [2.24, 2.45) is 0 Å². The van der Waals surface area contributed by atoms with Crippen molar-refractivity contribution in [3.8, 4) is 0 Å². The van der Waals surface area contributed by atoms with Crippen molar-refractivity contribution in [1.29, 1.82) is 0 Å². The van der Waals surface area contributed by atoms with Crippen molar-refractivity contribution in [2.45, 2.75) is 0 Å². The molecule has 2 heterocycles. The van der Waals surface area contributed by atoms with Gasteiger partial charge in [0.05, 0.1) is 0 Å². The molecule has 2 aromatic heterocycles. The summed E-state index contributed by atoms with van der Waals surface area (Å²) in [6.45, 7) is 0. The van der Waals surface area contributed by atoms with Gasteiger partial charge in [0.15, 0.2) is 17.3 Å². The summed E-state index contributed by atoms with van der Waals surface area (Å²) in [5.74, 6) is 1.26. The Balaban J connectivity index is 1.80. The predicted molar refractivity (Wildman–Crippen MR) is 104 cm³/mol. The maximum absolute atomic E-state index is 4.70. The molecule has 5 nitrogen and oxygen atoms in total. The van der Waals surface area contributed by atoms with E-state index >= 15 is 0 Å². The van der Waals surface area contributed by atoms with E-state index in [0.717, 1.165) is 15.8 Å². The maximum Gasteiger partial charge on any atom is 0.180 e. The first-order valence-electron chi connectivity index (χ1n) is 7.75. The molecule has 0 aliphatic heterocycles. The molecule has 0 saturated carbocycles. The van der Waals surface area contributed by atoms with E-state index in [4.69, 9.17) is 4.98 Å². The number of rotatable bonds is 4. The first-order valence-corrected chi connectivity index (χ1v) is 8.55. The van der Waals surface area contributed by atoms with Gasteiger partial charge in [-0.3, -0.25) is 0 Å². The molecule has 0 radical (unpaired) electrons. The molecule has 0 bridgehead atoms. The van der Waals surface area contributed by atoms with Crippen LogP contribution in [0.1, 0.15) is 0 Å². The summed E-state index contributed by atoms with van der Waals surface area (Å²) in [6, 6.07) is 21.7. The highest BCUT2D eigenvalue weighted by Gasteiger charge is 2.11. The summed E-state index contributed by atoms with van der Waals surface area (Å²) >= 11 is 3.43. The van der Waals surface area contributed by atoms with Crippen molar-refractivity contribution in [1.82, 2.24) is 15.0 Å². The summed E-state index contributed by atoms with van der Waals surface area (Å²) in [4.78, 5) is 13.7. The molecule has 25 heavy (non-hydrogen) atoms. The van der Waals surface area contributed by atoms with Gasteiger partial charge in [0.25, 0.3) is 0 Å². The van der Waals surface area contributed by atoms with Gasteiger partial charge in [-0.1, -0.05) is 36.4 Å². The number of hydrogen-bond acceptors (Lipinski definition) is 5. The number of aromatic nitrogens is 3. The smallest absolute Gasteiger partial charge is 0.180 e. The molecule has 4 rings (SSSR count). The zero-order valence-corrected chi connectivity index (χ0v) is 14.7. The summed E-state index contributed by atoms with van der Waals surface area (Å²) in [5.41, 5.74) is 3.17. The molecule has 6 heteroatoms. The van der Waals surface area contributed by atoms with E-state index in [-0.39, 0.29) is 0 Å². The molecular formula is C19H14BrN5. The average molecular weight is 392 g/mol. The van der Waals surface area contributed by atoms with Gasteiger partial charge in [-0.25, -0.2) is 15.0 Å². The van der Waals surface area contributed by atoms with E-state index in [0.29, 0.717) is 22.8 Å². The average Bonchev–Trinajstić information content (AvgIpc) is 2.64. The third-order valence-electron chi connectivity index (χ3n) is 3.56. The van der Waals surface area contributed by atoms with Crippen molar-refractivity contribution in [3.05, 3.63) is 77.4 Å². The fourth-order valence-corrected chi connectivity index (χ4v) is 2.73. The second-order valence-corrected chi connectivity index (χ2v) is 6.31. The standard InChI is InChI=1S/C19H14BrN5/c20-13-11-16-17(21-12-13)25-19(23-15-9-5-2-6-10-15)18(24-16)22-14-7-3-1-4-8-14/h1-12H,(H,22,24)(H,21,23,25). The fraction of sp³-hybridized carbons (Fsp3) is 0. The predicted octanol–water partition coefficient (Wildman–Crippen LogP) is 5.27. The molecular weight excluding hydrogens is 378 g/mol. The van der Waals surface area contributed by atoms with Gasteiger partial charge in [0.2, 0.25) is 0 Å². The zero-order valence-electron chi connectivity index (χ0n) is 13.1. The number of nitrogens with one attached hydrogen (secondary N) is 2. The van der Waals surface area contributed by atoms with E-state index in [1.165, 1.54) is 0 Å². The molecule has 122 valence electrons. The number of nitrogens with zero attached hydrogens (tertiary/aromatic N) is 3. The van der Waals surface area contributed by atoms with Crippen LogP contribution in [0.4, 0.5) is 23.0 Å². The molecule has 0 fully saturated rings. The Morgan fingerprint density at radius 1 is 0.720 bits per heavy atom. The molecule has 2 aromatic carbocycles. The van der Waals surface area contributed by atoms with Crippen LogP contribution in [-0.2, 0) is 0 Å². The number of benzene rings is 2. The first-order chi connectivity index (χ1) is 12.3. The Bertz CT molecular complexity index is 1010. The topological polar surface area (TPSA) is 62.7 Å². The second-order valence-electron chi connectivity index (χ2n) is 5.40. The minimum Gasteiger partial charge on any atom is -0.337 e. The van der Waals surface area contributed by atoms with Crippen LogP contribution in [0, 0.1) is 0 Å². The minimum atomic E-state index is 0.584. The van der Waals surface area contributed by atoms with Gasteiger partial charge in [-0.05, 0) is 46.3 Å². The molecule has 0 atom stereocenters. The Morgan fingerprint density at radius 3 is 1.88 bits per heavy atom. The Kier molecular flexibility index (Phi) is 4.26. The van der Waals surface area contributed by atoms with Gasteiger partial charge >= 0.3 is 0 Å². The van der Waals surface area contributed by atoms with Crippen molar-refractivity contribution < 1.29 is 0 Å². The van der Waals surface area contributed by atoms with Crippen LogP contribution < -0.4 is 10.6 Å². The van der Waals surface area contributed by atoms with E-state index in [1.807, 2.05) is 66.7 Å². The highest BCUT2D eigenvalue weighted by molar-refractivity contribution is 9.10. The van der Waals surface area contributed by atoms with Gasteiger partial charge < -0.3 is 10.6 Å². The van der Waals surface area contributed by atoms with Crippen LogP contribution in [-0.4, -0.2) is 15.0 Å². The van der Waals surface area contributed by atoms with Crippen LogP contribution in [0.3, 0.4) is 0 Å². The molecule has 0 aliphatic rings. The highest BCUT2D eigenvalue weighted by Crippen LogP contribution is 2.27. The van der Waals surface area contributed by atoms with Crippen molar-refractivity contribution in [3.63, 3.8) is 0 Å². The number of anilines is 4. The molecule has 2 N–H and O–H groups in total. The lowest BCUT2D eigenvalue weighted by molar-refractivity contribution is 1.21. The Hall–Kier alpha value is -2.99. The van der Waals surface area contributed by atoms with Crippen LogP contribution >= 0.6 is 15.9 Å². The lowest BCUT2D eigenvalue weighted by Crippen LogP contribution is -2.04. The second kappa shape index (κ2) is 6.86. The normalized spacial score (nSPS) is 10.6. The third-order valence-corrected chi connectivity index (χ3v) is 3.99. The largest absolute Gasteiger partial charge is 0.337 e. The van der Waals surface area contributed by atoms with Crippen LogP contribution in [0.5, 0.6) is 0 Å². The lowest BCUT2D eigenvalue weighted by atomic mass is 10.3. The number of fused-ring (bicyclic) bond motifs is 1. The summed E-state index contributed by atoms with van der Waals surface area (Å²) in [5, 5.41) is 6.64. The fourth-order valence-electron chi connectivity index (χ4n) is 2.41. The van der Waals surface area contributed by atoms with Gasteiger partial charge in [-0.2, -0.15) is 0 Å².